The van der Waals surface area contributed by atoms with E-state index in [1.54, 1.807) is 0 Å². The quantitative estimate of drug-likeness (QED) is 0.640. The normalized spacial score (nSPS) is 16.0. The monoisotopic (exact) mass is 214 g/mol. The van der Waals surface area contributed by atoms with Crippen LogP contribution in [-0.4, -0.2) is 11.2 Å². The first-order valence-electron chi connectivity index (χ1n) is 6.70. The molecule has 92 valence electrons. The van der Waals surface area contributed by atoms with Gasteiger partial charge in [-0.1, -0.05) is 47.5 Å². The van der Waals surface area contributed by atoms with E-state index in [4.69, 9.17) is 0 Å². The lowest BCUT2D eigenvalue weighted by molar-refractivity contribution is 0.0403. The van der Waals surface area contributed by atoms with Crippen molar-refractivity contribution in [1.29, 1.82) is 0 Å². The Morgan fingerprint density at radius 2 is 1.40 bits per heavy atom. The van der Waals surface area contributed by atoms with Gasteiger partial charge in [0.05, 0.1) is 6.10 Å². The van der Waals surface area contributed by atoms with Crippen molar-refractivity contribution < 1.29 is 5.11 Å². The molecule has 0 aliphatic rings. The van der Waals surface area contributed by atoms with E-state index in [1.165, 1.54) is 25.7 Å². The van der Waals surface area contributed by atoms with Crippen LogP contribution in [0.25, 0.3) is 0 Å². The standard InChI is InChI=1S/C14H30O/c1-6-8-13(9-7-2)14(15)12(5)10-11(3)4/h11-15H,6-10H2,1-5H3. The smallest absolute Gasteiger partial charge is 0.0594 e. The molecule has 0 spiro atoms. The van der Waals surface area contributed by atoms with E-state index in [2.05, 4.69) is 34.6 Å². The molecule has 0 heterocycles. The number of hydrogen-bond donors (Lipinski definition) is 1. The first-order chi connectivity index (χ1) is 7.02. The minimum Gasteiger partial charge on any atom is -0.393 e. The number of rotatable bonds is 8. The Hall–Kier alpha value is -0.0400. The predicted molar refractivity (Wildman–Crippen MR) is 67.9 cm³/mol. The Kier molecular flexibility index (Phi) is 8.13. The molecule has 0 aromatic heterocycles. The zero-order valence-electron chi connectivity index (χ0n) is 11.3. The molecule has 2 unspecified atom stereocenters. The third kappa shape index (κ3) is 6.19. The van der Waals surface area contributed by atoms with Gasteiger partial charge in [-0.15, -0.1) is 0 Å². The Morgan fingerprint density at radius 3 is 1.73 bits per heavy atom. The van der Waals surface area contributed by atoms with E-state index in [-0.39, 0.29) is 6.10 Å². The first kappa shape index (κ1) is 15.0. The lowest BCUT2D eigenvalue weighted by Gasteiger charge is -2.28. The molecule has 0 aromatic rings. The largest absolute Gasteiger partial charge is 0.393 e. The molecule has 1 nitrogen and oxygen atoms in total. The van der Waals surface area contributed by atoms with Gasteiger partial charge in [0, 0.05) is 0 Å². The van der Waals surface area contributed by atoms with Crippen LogP contribution in [0.15, 0.2) is 0 Å². The molecular formula is C14H30O. The van der Waals surface area contributed by atoms with Crippen molar-refractivity contribution in [2.24, 2.45) is 17.8 Å². The second kappa shape index (κ2) is 8.15. The average molecular weight is 214 g/mol. The van der Waals surface area contributed by atoms with Gasteiger partial charge < -0.3 is 5.11 Å². The highest BCUT2D eigenvalue weighted by molar-refractivity contribution is 4.74. The SMILES string of the molecule is CCCC(CCC)C(O)C(C)CC(C)C. The maximum absolute atomic E-state index is 10.3. The fourth-order valence-electron chi connectivity index (χ4n) is 2.58. The molecule has 0 rings (SSSR count). The summed E-state index contributed by atoms with van der Waals surface area (Å²) < 4.78 is 0. The van der Waals surface area contributed by atoms with E-state index in [9.17, 15) is 5.11 Å². The molecule has 1 heteroatoms. The molecule has 2 atom stereocenters. The topological polar surface area (TPSA) is 20.2 Å². The van der Waals surface area contributed by atoms with Crippen LogP contribution in [0.1, 0.15) is 66.7 Å². The summed E-state index contributed by atoms with van der Waals surface area (Å²) in [7, 11) is 0. The maximum Gasteiger partial charge on any atom is 0.0594 e. The van der Waals surface area contributed by atoms with E-state index in [0.29, 0.717) is 17.8 Å². The van der Waals surface area contributed by atoms with Crippen molar-refractivity contribution in [2.45, 2.75) is 72.8 Å². The van der Waals surface area contributed by atoms with Crippen LogP contribution in [0.2, 0.25) is 0 Å². The maximum atomic E-state index is 10.3. The highest BCUT2D eigenvalue weighted by Crippen LogP contribution is 2.26. The van der Waals surface area contributed by atoms with Crippen LogP contribution >= 0.6 is 0 Å². The summed E-state index contributed by atoms with van der Waals surface area (Å²) in [4.78, 5) is 0. The molecule has 0 bridgehead atoms. The van der Waals surface area contributed by atoms with Crippen molar-refractivity contribution in [3.63, 3.8) is 0 Å². The van der Waals surface area contributed by atoms with E-state index in [1.807, 2.05) is 0 Å². The molecule has 0 fully saturated rings. The fraction of sp³-hybridized carbons (Fsp3) is 1.00. The van der Waals surface area contributed by atoms with Crippen molar-refractivity contribution in [3.05, 3.63) is 0 Å². The summed E-state index contributed by atoms with van der Waals surface area (Å²) in [5.74, 6) is 1.67. The Morgan fingerprint density at radius 1 is 0.933 bits per heavy atom. The summed E-state index contributed by atoms with van der Waals surface area (Å²) in [6.07, 6.45) is 5.79. The Bertz CT molecular complexity index is 136. The summed E-state index contributed by atoms with van der Waals surface area (Å²) >= 11 is 0. The third-order valence-electron chi connectivity index (χ3n) is 3.23. The summed E-state index contributed by atoms with van der Waals surface area (Å²) in [5, 5.41) is 10.3. The highest BCUT2D eigenvalue weighted by atomic mass is 16.3. The lowest BCUT2D eigenvalue weighted by Crippen LogP contribution is -2.28. The van der Waals surface area contributed by atoms with Crippen molar-refractivity contribution in [2.75, 3.05) is 0 Å². The highest BCUT2D eigenvalue weighted by Gasteiger charge is 2.23. The van der Waals surface area contributed by atoms with E-state index < -0.39 is 0 Å². The second-order valence-corrected chi connectivity index (χ2v) is 5.43. The van der Waals surface area contributed by atoms with Crippen molar-refractivity contribution >= 4 is 0 Å². The number of hydrogen-bond acceptors (Lipinski definition) is 1. The molecule has 0 saturated carbocycles. The van der Waals surface area contributed by atoms with Crippen molar-refractivity contribution in [1.82, 2.24) is 0 Å². The molecule has 0 aromatic carbocycles. The van der Waals surface area contributed by atoms with Gasteiger partial charge in [-0.2, -0.15) is 0 Å². The van der Waals surface area contributed by atoms with Crippen LogP contribution in [0.4, 0.5) is 0 Å². The Labute approximate surface area is 96.3 Å². The van der Waals surface area contributed by atoms with Gasteiger partial charge in [0.15, 0.2) is 0 Å². The van der Waals surface area contributed by atoms with Crippen LogP contribution in [0.5, 0.6) is 0 Å². The van der Waals surface area contributed by atoms with E-state index in [0.717, 1.165) is 6.42 Å². The molecule has 0 aliphatic heterocycles. The molecule has 15 heavy (non-hydrogen) atoms. The molecule has 0 aliphatic carbocycles. The second-order valence-electron chi connectivity index (χ2n) is 5.43. The van der Waals surface area contributed by atoms with Crippen LogP contribution in [0, 0.1) is 17.8 Å². The molecule has 0 saturated heterocycles. The van der Waals surface area contributed by atoms with Crippen LogP contribution in [-0.2, 0) is 0 Å². The zero-order valence-corrected chi connectivity index (χ0v) is 11.3. The van der Waals surface area contributed by atoms with Crippen LogP contribution in [0.3, 0.4) is 0 Å². The zero-order chi connectivity index (χ0) is 11.8. The predicted octanol–water partition coefficient (Wildman–Crippen LogP) is 4.25. The van der Waals surface area contributed by atoms with Gasteiger partial charge in [0.2, 0.25) is 0 Å². The Balaban J connectivity index is 4.14. The van der Waals surface area contributed by atoms with Gasteiger partial charge in [0.25, 0.3) is 0 Å². The molecule has 1 N–H and O–H groups in total. The molecule has 0 radical (unpaired) electrons. The molecule has 0 amide bonds. The lowest BCUT2D eigenvalue weighted by atomic mass is 9.82. The minimum atomic E-state index is -0.0905. The summed E-state index contributed by atoms with van der Waals surface area (Å²) in [6, 6.07) is 0. The first-order valence-corrected chi connectivity index (χ1v) is 6.70. The number of aliphatic hydroxyl groups is 1. The van der Waals surface area contributed by atoms with Gasteiger partial charge in [-0.25, -0.2) is 0 Å². The fourth-order valence-corrected chi connectivity index (χ4v) is 2.58. The van der Waals surface area contributed by atoms with E-state index >= 15 is 0 Å². The third-order valence-corrected chi connectivity index (χ3v) is 3.23. The summed E-state index contributed by atoms with van der Waals surface area (Å²) in [5.41, 5.74) is 0. The minimum absolute atomic E-state index is 0.0905. The van der Waals surface area contributed by atoms with Crippen LogP contribution < -0.4 is 0 Å². The molecular weight excluding hydrogens is 184 g/mol. The van der Waals surface area contributed by atoms with Gasteiger partial charge in [-0.05, 0) is 37.0 Å². The van der Waals surface area contributed by atoms with Gasteiger partial charge >= 0.3 is 0 Å². The average Bonchev–Trinajstić information content (AvgIpc) is 2.15. The van der Waals surface area contributed by atoms with Gasteiger partial charge in [-0.3, -0.25) is 0 Å². The number of aliphatic hydroxyl groups excluding tert-OH is 1. The van der Waals surface area contributed by atoms with Crippen molar-refractivity contribution in [3.8, 4) is 0 Å². The summed E-state index contributed by atoms with van der Waals surface area (Å²) in [6.45, 7) is 11.1. The van der Waals surface area contributed by atoms with Gasteiger partial charge in [0.1, 0.15) is 0 Å².